The lowest BCUT2D eigenvalue weighted by atomic mass is 10.2. The van der Waals surface area contributed by atoms with Gasteiger partial charge >= 0.3 is 5.69 Å². The van der Waals surface area contributed by atoms with Crippen LogP contribution in [0.3, 0.4) is 0 Å². The number of carbonyl (C=O) groups is 1. The van der Waals surface area contributed by atoms with Crippen molar-refractivity contribution >= 4 is 11.6 Å². The Kier molecular flexibility index (Phi) is 5.57. The quantitative estimate of drug-likeness (QED) is 0.616. The molecule has 2 rings (SSSR count). The molecule has 1 aliphatic heterocycles. The van der Waals surface area contributed by atoms with Gasteiger partial charge in [0, 0.05) is 13.1 Å². The molecule has 0 spiro atoms. The van der Waals surface area contributed by atoms with Crippen molar-refractivity contribution in [3.05, 3.63) is 28.3 Å². The second kappa shape index (κ2) is 7.63. The molecular formula is C15H20N2O5. The number of hydrogen-bond acceptors (Lipinski definition) is 5. The summed E-state index contributed by atoms with van der Waals surface area (Å²) in [5.41, 5.74) is -0.206. The first kappa shape index (κ1) is 16.1. The third-order valence-corrected chi connectivity index (χ3v) is 3.67. The van der Waals surface area contributed by atoms with E-state index in [9.17, 15) is 14.9 Å². The number of nitrogens with zero attached hydrogens (tertiary/aromatic N) is 2. The molecule has 0 atom stereocenters. The van der Waals surface area contributed by atoms with Gasteiger partial charge in [-0.1, -0.05) is 12.8 Å². The molecule has 0 N–H and O–H groups in total. The molecule has 7 nitrogen and oxygen atoms in total. The van der Waals surface area contributed by atoms with Crippen LogP contribution in [0.25, 0.3) is 0 Å². The molecule has 1 saturated heterocycles. The minimum absolute atomic E-state index is 0.0778. The molecule has 1 aromatic carbocycles. The normalized spacial score (nSPS) is 15.0. The zero-order valence-electron chi connectivity index (χ0n) is 12.6. The summed E-state index contributed by atoms with van der Waals surface area (Å²) in [6.45, 7) is 1.27. The highest BCUT2D eigenvalue weighted by molar-refractivity contribution is 5.78. The van der Waals surface area contributed by atoms with Crippen LogP contribution in [0.4, 0.5) is 5.69 Å². The third-order valence-electron chi connectivity index (χ3n) is 3.67. The molecule has 1 aliphatic rings. The maximum Gasteiger partial charge on any atom is 0.314 e. The van der Waals surface area contributed by atoms with Crippen LogP contribution < -0.4 is 9.47 Å². The number of methoxy groups -OCH3 is 1. The molecule has 0 aliphatic carbocycles. The van der Waals surface area contributed by atoms with Crippen LogP contribution in [0.15, 0.2) is 18.2 Å². The molecule has 0 radical (unpaired) electrons. The van der Waals surface area contributed by atoms with Crippen LogP contribution in [0.5, 0.6) is 11.5 Å². The predicted octanol–water partition coefficient (Wildman–Crippen LogP) is 2.38. The van der Waals surface area contributed by atoms with Crippen LogP contribution in [0.1, 0.15) is 25.7 Å². The molecule has 1 fully saturated rings. The summed E-state index contributed by atoms with van der Waals surface area (Å²) in [5.74, 6) is 0.318. The molecule has 120 valence electrons. The van der Waals surface area contributed by atoms with E-state index < -0.39 is 4.92 Å². The summed E-state index contributed by atoms with van der Waals surface area (Å²) in [6, 6.07) is 4.30. The highest BCUT2D eigenvalue weighted by Gasteiger charge is 2.20. The van der Waals surface area contributed by atoms with Crippen molar-refractivity contribution in [2.24, 2.45) is 0 Å². The van der Waals surface area contributed by atoms with E-state index in [1.54, 1.807) is 11.0 Å². The van der Waals surface area contributed by atoms with Gasteiger partial charge in [-0.2, -0.15) is 0 Å². The van der Waals surface area contributed by atoms with Crippen LogP contribution in [-0.4, -0.2) is 42.5 Å². The fourth-order valence-corrected chi connectivity index (χ4v) is 2.44. The summed E-state index contributed by atoms with van der Waals surface area (Å²) < 4.78 is 10.3. The molecule has 22 heavy (non-hydrogen) atoms. The topological polar surface area (TPSA) is 81.9 Å². The summed E-state index contributed by atoms with van der Waals surface area (Å²) in [7, 11) is 1.43. The van der Waals surface area contributed by atoms with E-state index in [4.69, 9.17) is 9.47 Å². The van der Waals surface area contributed by atoms with Gasteiger partial charge in [-0.15, -0.1) is 0 Å². The first-order valence-electron chi connectivity index (χ1n) is 7.35. The van der Waals surface area contributed by atoms with Gasteiger partial charge in [0.15, 0.2) is 12.4 Å². The molecule has 1 heterocycles. The van der Waals surface area contributed by atoms with Crippen molar-refractivity contribution in [3.8, 4) is 11.5 Å². The lowest BCUT2D eigenvalue weighted by molar-refractivity contribution is -0.385. The van der Waals surface area contributed by atoms with E-state index in [2.05, 4.69) is 0 Å². The molecule has 7 heteroatoms. The number of ether oxygens (including phenoxy) is 2. The number of amides is 1. The highest BCUT2D eigenvalue weighted by atomic mass is 16.6. The van der Waals surface area contributed by atoms with Crippen molar-refractivity contribution in [3.63, 3.8) is 0 Å². The molecule has 0 aromatic heterocycles. The Morgan fingerprint density at radius 3 is 2.55 bits per heavy atom. The standard InChI is InChI=1S/C15H20N2O5/c1-21-12-6-7-14(13(10-12)17(19)20)22-11-15(18)16-8-4-2-3-5-9-16/h6-7,10H,2-5,8-9,11H2,1H3. The lowest BCUT2D eigenvalue weighted by Crippen LogP contribution is -2.35. The van der Waals surface area contributed by atoms with E-state index in [0.29, 0.717) is 5.75 Å². The summed E-state index contributed by atoms with van der Waals surface area (Å²) in [6.07, 6.45) is 4.26. The number of likely N-dealkylation sites (tertiary alicyclic amines) is 1. The Labute approximate surface area is 129 Å². The Morgan fingerprint density at radius 1 is 1.27 bits per heavy atom. The minimum atomic E-state index is -0.547. The molecule has 1 amide bonds. The van der Waals surface area contributed by atoms with Crippen molar-refractivity contribution in [2.75, 3.05) is 26.8 Å². The Bertz CT molecular complexity index is 539. The molecule has 1 aromatic rings. The first-order chi connectivity index (χ1) is 10.6. The fraction of sp³-hybridized carbons (Fsp3) is 0.533. The summed E-state index contributed by atoms with van der Waals surface area (Å²) >= 11 is 0. The minimum Gasteiger partial charge on any atom is -0.496 e. The zero-order valence-corrected chi connectivity index (χ0v) is 12.6. The number of hydrogen-bond donors (Lipinski definition) is 0. The van der Waals surface area contributed by atoms with Crippen molar-refractivity contribution < 1.29 is 19.2 Å². The maximum atomic E-state index is 12.1. The molecular weight excluding hydrogens is 288 g/mol. The smallest absolute Gasteiger partial charge is 0.314 e. The first-order valence-corrected chi connectivity index (χ1v) is 7.35. The second-order valence-corrected chi connectivity index (χ2v) is 5.17. The SMILES string of the molecule is COc1ccc(OCC(=O)N2CCCCCC2)c([N+](=O)[O-])c1. The van der Waals surface area contributed by atoms with Gasteiger partial charge in [-0.3, -0.25) is 14.9 Å². The van der Waals surface area contributed by atoms with Crippen molar-refractivity contribution in [1.29, 1.82) is 0 Å². The van der Waals surface area contributed by atoms with Crippen molar-refractivity contribution in [2.45, 2.75) is 25.7 Å². The Balaban J connectivity index is 2.01. The zero-order chi connectivity index (χ0) is 15.9. The number of carbonyl (C=O) groups excluding carboxylic acids is 1. The highest BCUT2D eigenvalue weighted by Crippen LogP contribution is 2.31. The van der Waals surface area contributed by atoms with E-state index in [1.807, 2.05) is 0 Å². The fourth-order valence-electron chi connectivity index (χ4n) is 2.44. The van der Waals surface area contributed by atoms with Gasteiger partial charge < -0.3 is 14.4 Å². The average Bonchev–Trinajstić information content (AvgIpc) is 2.81. The van der Waals surface area contributed by atoms with Gasteiger partial charge in [-0.05, 0) is 25.0 Å². The lowest BCUT2D eigenvalue weighted by Gasteiger charge is -2.20. The largest absolute Gasteiger partial charge is 0.496 e. The van der Waals surface area contributed by atoms with Gasteiger partial charge in [-0.25, -0.2) is 0 Å². The summed E-state index contributed by atoms with van der Waals surface area (Å²) in [4.78, 5) is 24.4. The number of nitro groups is 1. The molecule has 0 bridgehead atoms. The van der Waals surface area contributed by atoms with E-state index >= 15 is 0 Å². The van der Waals surface area contributed by atoms with E-state index in [-0.39, 0.29) is 24.0 Å². The second-order valence-electron chi connectivity index (χ2n) is 5.17. The van der Waals surface area contributed by atoms with Crippen LogP contribution in [0, 0.1) is 10.1 Å². The number of rotatable bonds is 5. The molecule has 0 saturated carbocycles. The van der Waals surface area contributed by atoms with Crippen molar-refractivity contribution in [1.82, 2.24) is 4.90 Å². The van der Waals surface area contributed by atoms with Gasteiger partial charge in [0.2, 0.25) is 0 Å². The van der Waals surface area contributed by atoms with Crippen LogP contribution >= 0.6 is 0 Å². The summed E-state index contributed by atoms with van der Waals surface area (Å²) in [5, 5.41) is 11.1. The average molecular weight is 308 g/mol. The van der Waals surface area contributed by atoms with Gasteiger partial charge in [0.05, 0.1) is 18.1 Å². The predicted molar refractivity (Wildman–Crippen MR) is 80.2 cm³/mol. The molecule has 0 unspecified atom stereocenters. The maximum absolute atomic E-state index is 12.1. The number of nitro benzene ring substituents is 1. The van der Waals surface area contributed by atoms with Crippen LogP contribution in [0.2, 0.25) is 0 Å². The van der Waals surface area contributed by atoms with Crippen LogP contribution in [-0.2, 0) is 4.79 Å². The van der Waals surface area contributed by atoms with Gasteiger partial charge in [0.25, 0.3) is 5.91 Å². The van der Waals surface area contributed by atoms with E-state index in [1.165, 1.54) is 19.2 Å². The van der Waals surface area contributed by atoms with E-state index in [0.717, 1.165) is 38.8 Å². The van der Waals surface area contributed by atoms with Gasteiger partial charge in [0.1, 0.15) is 5.75 Å². The Hall–Kier alpha value is -2.31. The number of benzene rings is 1. The Morgan fingerprint density at radius 2 is 1.95 bits per heavy atom. The third kappa shape index (κ3) is 4.09. The monoisotopic (exact) mass is 308 g/mol.